The lowest BCUT2D eigenvalue weighted by Crippen LogP contribution is -2.59. The zero-order chi connectivity index (χ0) is 33.4. The third kappa shape index (κ3) is 7.60. The van der Waals surface area contributed by atoms with E-state index in [1.165, 1.54) is 12.3 Å². The second-order valence-corrected chi connectivity index (χ2v) is 18.5. The van der Waals surface area contributed by atoms with Crippen LogP contribution in [-0.2, 0) is 27.7 Å². The van der Waals surface area contributed by atoms with E-state index in [0.29, 0.717) is 6.42 Å². The van der Waals surface area contributed by atoms with Crippen molar-refractivity contribution >= 4 is 25.1 Å². The van der Waals surface area contributed by atoms with E-state index in [-0.39, 0.29) is 10.9 Å². The van der Waals surface area contributed by atoms with Gasteiger partial charge in [-0.2, -0.15) is 13.2 Å². The zero-order valence-electron chi connectivity index (χ0n) is 26.8. The van der Waals surface area contributed by atoms with Gasteiger partial charge in [-0.1, -0.05) is 65.0 Å². The Hall–Kier alpha value is -3.45. The summed E-state index contributed by atoms with van der Waals surface area (Å²) in [5, 5.41) is 1.88. The highest BCUT2D eigenvalue weighted by Crippen LogP contribution is 2.41. The first kappa shape index (κ1) is 35.0. The Bertz CT molecular complexity index is 1670. The number of H-pyrrole nitrogens is 1. The molecule has 0 aliphatic carbocycles. The molecule has 2 unspecified atom stereocenters. The maximum Gasteiger partial charge on any atom is 0.415 e. The van der Waals surface area contributed by atoms with Crippen LogP contribution in [0.4, 0.5) is 13.2 Å². The maximum absolute atomic E-state index is 14.3. The lowest BCUT2D eigenvalue weighted by Gasteiger charge is -2.42. The van der Waals surface area contributed by atoms with Crippen LogP contribution < -0.4 is 22.1 Å². The van der Waals surface area contributed by atoms with Gasteiger partial charge in [0.25, 0.3) is 11.1 Å². The monoisotopic (exact) mass is 636 g/mol. The average molecular weight is 637 g/mol. The minimum Gasteiger partial charge on any atom is -0.404 e. The third-order valence-corrected chi connectivity index (χ3v) is 12.8. The number of fused-ring (bicyclic) bond motifs is 1. The van der Waals surface area contributed by atoms with E-state index in [0.717, 1.165) is 14.7 Å². The molecule has 0 saturated heterocycles. The van der Waals surface area contributed by atoms with Crippen LogP contribution in [0.25, 0.3) is 10.9 Å². The fourth-order valence-corrected chi connectivity index (χ4v) is 6.18. The lowest BCUT2D eigenvalue weighted by molar-refractivity contribution is -0.210. The quantitative estimate of drug-likeness (QED) is 0.307. The van der Waals surface area contributed by atoms with Crippen molar-refractivity contribution < 1.29 is 22.4 Å². The van der Waals surface area contributed by atoms with E-state index in [2.05, 4.69) is 10.3 Å². The van der Waals surface area contributed by atoms with Gasteiger partial charge in [0.1, 0.15) is 12.1 Å². The third-order valence-electron chi connectivity index (χ3n) is 8.36. The van der Waals surface area contributed by atoms with Crippen molar-refractivity contribution in [2.75, 3.05) is 0 Å². The predicted octanol–water partition coefficient (Wildman–Crippen LogP) is 4.92. The maximum atomic E-state index is 14.3. The smallest absolute Gasteiger partial charge is 0.404 e. The van der Waals surface area contributed by atoms with Crippen molar-refractivity contribution in [1.29, 1.82) is 0 Å². The Labute approximate surface area is 255 Å². The Morgan fingerprint density at radius 2 is 1.57 bits per heavy atom. The van der Waals surface area contributed by atoms with Crippen LogP contribution >= 0.6 is 0 Å². The van der Waals surface area contributed by atoms with Gasteiger partial charge in [-0.05, 0) is 55.9 Å². The van der Waals surface area contributed by atoms with Gasteiger partial charge >= 0.3 is 11.9 Å². The molecule has 2 aromatic heterocycles. The molecular weight excluding hydrogens is 593 g/mol. The number of pyridine rings is 1. The molecule has 0 aliphatic heterocycles. The van der Waals surface area contributed by atoms with Gasteiger partial charge in [0.2, 0.25) is 5.91 Å². The first-order valence-electron chi connectivity index (χ1n) is 14.5. The molecule has 242 valence electrons. The largest absolute Gasteiger partial charge is 0.415 e. The van der Waals surface area contributed by atoms with Crippen molar-refractivity contribution in [3.05, 3.63) is 79.4 Å². The number of amides is 1. The number of hydrogen-bond acceptors (Lipinski definition) is 5. The fraction of sp³-hybridized carbons (Fsp3) is 0.548. The number of hydrogen-bond donors (Lipinski definition) is 2. The summed E-state index contributed by atoms with van der Waals surface area (Å²) in [7, 11) is -2.89. The Morgan fingerprint density at radius 1 is 0.977 bits per heavy atom. The van der Waals surface area contributed by atoms with Crippen LogP contribution in [0, 0.1) is 5.92 Å². The van der Waals surface area contributed by atoms with E-state index < -0.39 is 72.4 Å². The summed E-state index contributed by atoms with van der Waals surface area (Å²) in [5.74, 6) is -1.50. The number of rotatable bonds is 10. The van der Waals surface area contributed by atoms with Crippen molar-refractivity contribution in [2.45, 2.75) is 103 Å². The summed E-state index contributed by atoms with van der Waals surface area (Å²) in [6.07, 6.45) is -5.43. The fourth-order valence-electron chi connectivity index (χ4n) is 4.91. The van der Waals surface area contributed by atoms with Crippen molar-refractivity contribution in [1.82, 2.24) is 19.4 Å². The second-order valence-electron chi connectivity index (χ2n) is 13.8. The second kappa shape index (κ2) is 12.5. The molecule has 1 aromatic carbocycles. The normalized spacial score (nSPS) is 14.6. The number of aromatic amines is 1. The first-order valence-corrected chi connectivity index (χ1v) is 17.4. The molecule has 2 N–H and O–H groups in total. The molecule has 0 fully saturated rings. The Kier molecular flexibility index (Phi) is 9.96. The van der Waals surface area contributed by atoms with Crippen LogP contribution in [0.2, 0.25) is 18.1 Å². The molecule has 2 heterocycles. The average Bonchev–Trinajstić information content (AvgIpc) is 2.87. The van der Waals surface area contributed by atoms with Crippen molar-refractivity contribution in [3.63, 3.8) is 0 Å². The summed E-state index contributed by atoms with van der Waals surface area (Å²) < 4.78 is 50.7. The number of carbonyl (C=O) groups is 1. The number of nitrogens with one attached hydrogen (secondary N) is 2. The number of benzene rings is 1. The summed E-state index contributed by atoms with van der Waals surface area (Å²) in [5.41, 5.74) is -2.62. The van der Waals surface area contributed by atoms with E-state index in [9.17, 15) is 32.3 Å². The topological polar surface area (TPSA) is 115 Å². The van der Waals surface area contributed by atoms with Crippen LogP contribution in [0.5, 0.6) is 0 Å². The molecule has 0 saturated carbocycles. The number of halogens is 3. The number of aromatic nitrogens is 3. The first-order chi connectivity index (χ1) is 20.1. The molecule has 0 spiro atoms. The summed E-state index contributed by atoms with van der Waals surface area (Å²) in [6.45, 7) is 14.8. The molecule has 9 nitrogen and oxygen atoms in total. The van der Waals surface area contributed by atoms with Gasteiger partial charge in [-0.3, -0.25) is 19.0 Å². The molecule has 1 amide bonds. The van der Waals surface area contributed by atoms with E-state index in [1.807, 2.05) is 51.1 Å². The molecular formula is C31H43F3N4O5Si. The highest BCUT2D eigenvalue weighted by Gasteiger charge is 2.52. The van der Waals surface area contributed by atoms with Gasteiger partial charge < -0.3 is 19.3 Å². The summed E-state index contributed by atoms with van der Waals surface area (Å²) >= 11 is 0. The van der Waals surface area contributed by atoms with E-state index >= 15 is 0 Å². The Morgan fingerprint density at radius 3 is 2.09 bits per heavy atom. The van der Waals surface area contributed by atoms with Crippen molar-refractivity contribution in [3.8, 4) is 0 Å². The Balaban J connectivity index is 1.94. The molecule has 3 aromatic rings. The van der Waals surface area contributed by atoms with Gasteiger partial charge in [-0.25, -0.2) is 4.79 Å². The SMILES string of the molecule is CC(C)C(NC(=O)Cn1ccc2c(=O)n(C(C)(C)Cc3ccccc3)c(=O)[nH]c2c1=O)C(O[Si](C)(C)C(C)(C)C)C(F)(F)F. The van der Waals surface area contributed by atoms with Crippen LogP contribution in [-0.4, -0.2) is 46.7 Å². The molecule has 0 bridgehead atoms. The molecule has 13 heteroatoms. The lowest BCUT2D eigenvalue weighted by atomic mass is 9.94. The van der Waals surface area contributed by atoms with Gasteiger partial charge in [0.15, 0.2) is 14.4 Å². The van der Waals surface area contributed by atoms with Gasteiger partial charge in [0, 0.05) is 6.20 Å². The van der Waals surface area contributed by atoms with Crippen LogP contribution in [0.1, 0.15) is 54.0 Å². The number of nitrogens with zero attached hydrogens (tertiary/aromatic N) is 2. The van der Waals surface area contributed by atoms with E-state index in [4.69, 9.17) is 4.43 Å². The minimum absolute atomic E-state index is 0.0487. The standard InChI is InChI=1S/C31H43F3N4O5Si/c1-19(2)23(25(31(32,33)34)43-44(8,9)29(3,4)5)35-22(39)18-37-16-15-21-24(27(37)41)36-28(42)38(26(21)40)30(6,7)17-20-13-11-10-12-14-20/h10-16,19,23,25H,17-18H2,1-9H3,(H,35,39)(H,36,42). The number of alkyl halides is 3. The highest BCUT2D eigenvalue weighted by atomic mass is 28.4. The zero-order valence-corrected chi connectivity index (χ0v) is 27.8. The van der Waals surface area contributed by atoms with Gasteiger partial charge in [-0.15, -0.1) is 0 Å². The predicted molar refractivity (Wildman–Crippen MR) is 167 cm³/mol. The summed E-state index contributed by atoms with van der Waals surface area (Å²) in [4.78, 5) is 55.4. The molecule has 0 aliphatic rings. The van der Waals surface area contributed by atoms with Crippen molar-refractivity contribution in [2.24, 2.45) is 5.92 Å². The molecule has 3 rings (SSSR count). The molecule has 0 radical (unpaired) electrons. The number of carbonyl (C=O) groups excluding carboxylic acids is 1. The molecule has 44 heavy (non-hydrogen) atoms. The highest BCUT2D eigenvalue weighted by molar-refractivity contribution is 6.74. The molecule has 2 atom stereocenters. The van der Waals surface area contributed by atoms with Crippen LogP contribution in [0.3, 0.4) is 0 Å². The van der Waals surface area contributed by atoms with E-state index in [1.54, 1.807) is 40.8 Å². The minimum atomic E-state index is -4.76. The van der Waals surface area contributed by atoms with Crippen LogP contribution in [0.15, 0.2) is 57.0 Å². The summed E-state index contributed by atoms with van der Waals surface area (Å²) in [6, 6.07) is 9.22. The van der Waals surface area contributed by atoms with Gasteiger partial charge in [0.05, 0.1) is 17.0 Å².